The molecule has 1 amide bonds. The molecular formula is C8H15NO3. The van der Waals surface area contributed by atoms with Crippen molar-refractivity contribution in [2.45, 2.75) is 26.8 Å². The van der Waals surface area contributed by atoms with E-state index in [1.165, 1.54) is 6.92 Å². The van der Waals surface area contributed by atoms with E-state index in [0.717, 1.165) is 0 Å². The maximum absolute atomic E-state index is 10.9. The fourth-order valence-corrected chi connectivity index (χ4v) is 0.957. The predicted molar refractivity (Wildman–Crippen MR) is 44.5 cm³/mol. The Bertz CT molecular complexity index is 177. The summed E-state index contributed by atoms with van der Waals surface area (Å²) in [5.41, 5.74) is 0. The molecule has 0 aliphatic heterocycles. The van der Waals surface area contributed by atoms with E-state index in [2.05, 4.69) is 5.32 Å². The first-order chi connectivity index (χ1) is 5.49. The van der Waals surface area contributed by atoms with E-state index in [1.807, 2.05) is 13.8 Å². The highest BCUT2D eigenvalue weighted by molar-refractivity contribution is 5.87. The lowest BCUT2D eigenvalue weighted by Gasteiger charge is -2.18. The third-order valence-electron chi connectivity index (χ3n) is 1.56. The molecule has 2 N–H and O–H groups in total. The van der Waals surface area contributed by atoms with E-state index in [0.29, 0.717) is 0 Å². The Balaban J connectivity index is 4.14. The highest BCUT2D eigenvalue weighted by atomic mass is 16.3. The van der Waals surface area contributed by atoms with Gasteiger partial charge < -0.3 is 10.4 Å². The lowest BCUT2D eigenvalue weighted by molar-refractivity contribution is -0.129. The predicted octanol–water partition coefficient (Wildman–Crippen LogP) is -0.292. The van der Waals surface area contributed by atoms with Gasteiger partial charge in [-0.25, -0.2) is 0 Å². The second-order valence-electron chi connectivity index (χ2n) is 3.06. The number of nitrogens with one attached hydrogen (secondary N) is 1. The van der Waals surface area contributed by atoms with Crippen molar-refractivity contribution in [2.24, 2.45) is 5.92 Å². The Morgan fingerprint density at radius 2 is 1.92 bits per heavy atom. The standard InChI is InChI=1S/C8H15NO3/c1-5(2)8(6(3)11)9-7(12)4-10/h5,8,10H,4H2,1-3H3,(H,9,12). The Hall–Kier alpha value is -0.900. The van der Waals surface area contributed by atoms with Gasteiger partial charge in [0.25, 0.3) is 0 Å². The molecule has 0 aromatic carbocycles. The first kappa shape index (κ1) is 11.1. The van der Waals surface area contributed by atoms with Crippen LogP contribution in [-0.4, -0.2) is 29.4 Å². The zero-order valence-electron chi connectivity index (χ0n) is 7.63. The topological polar surface area (TPSA) is 66.4 Å². The second-order valence-corrected chi connectivity index (χ2v) is 3.06. The van der Waals surface area contributed by atoms with E-state index in [-0.39, 0.29) is 11.7 Å². The van der Waals surface area contributed by atoms with E-state index >= 15 is 0 Å². The van der Waals surface area contributed by atoms with Crippen LogP contribution in [-0.2, 0) is 9.59 Å². The number of amides is 1. The molecule has 12 heavy (non-hydrogen) atoms. The van der Waals surface area contributed by atoms with Crippen molar-refractivity contribution in [1.82, 2.24) is 5.32 Å². The van der Waals surface area contributed by atoms with E-state index in [4.69, 9.17) is 5.11 Å². The summed E-state index contributed by atoms with van der Waals surface area (Å²) in [6.07, 6.45) is 0. The molecule has 0 fully saturated rings. The molecule has 0 heterocycles. The SMILES string of the molecule is CC(=O)C(NC(=O)CO)C(C)C. The van der Waals surface area contributed by atoms with Crippen LogP contribution in [0.15, 0.2) is 0 Å². The molecule has 1 atom stereocenters. The van der Waals surface area contributed by atoms with E-state index in [1.54, 1.807) is 0 Å². The highest BCUT2D eigenvalue weighted by Crippen LogP contribution is 2.01. The summed E-state index contributed by atoms with van der Waals surface area (Å²) >= 11 is 0. The molecule has 0 radical (unpaired) electrons. The zero-order chi connectivity index (χ0) is 9.72. The molecule has 0 rings (SSSR count). The van der Waals surface area contributed by atoms with Gasteiger partial charge in [-0.1, -0.05) is 13.8 Å². The minimum atomic E-state index is -0.573. The molecule has 0 spiro atoms. The number of aliphatic hydroxyl groups excluding tert-OH is 1. The molecule has 0 saturated heterocycles. The molecule has 0 aliphatic rings. The van der Waals surface area contributed by atoms with Gasteiger partial charge in [-0.05, 0) is 12.8 Å². The van der Waals surface area contributed by atoms with Crippen LogP contribution in [0.2, 0.25) is 0 Å². The number of hydrogen-bond donors (Lipinski definition) is 2. The molecule has 4 heteroatoms. The first-order valence-corrected chi connectivity index (χ1v) is 3.89. The van der Waals surface area contributed by atoms with Crippen molar-refractivity contribution >= 4 is 11.7 Å². The van der Waals surface area contributed by atoms with Crippen LogP contribution in [0, 0.1) is 5.92 Å². The van der Waals surface area contributed by atoms with Crippen LogP contribution in [0.25, 0.3) is 0 Å². The number of hydrogen-bond acceptors (Lipinski definition) is 3. The zero-order valence-corrected chi connectivity index (χ0v) is 7.63. The van der Waals surface area contributed by atoms with Crippen LogP contribution >= 0.6 is 0 Å². The maximum Gasteiger partial charge on any atom is 0.246 e. The van der Waals surface area contributed by atoms with Gasteiger partial charge in [-0.2, -0.15) is 0 Å². The molecule has 70 valence electrons. The van der Waals surface area contributed by atoms with Gasteiger partial charge in [0.05, 0.1) is 6.04 Å². The average molecular weight is 173 g/mol. The largest absolute Gasteiger partial charge is 0.387 e. The molecule has 0 aliphatic carbocycles. The highest BCUT2D eigenvalue weighted by Gasteiger charge is 2.19. The number of Topliss-reactive ketones (excluding diaryl/α,β-unsaturated/α-hetero) is 1. The number of carbonyl (C=O) groups excluding carboxylic acids is 2. The van der Waals surface area contributed by atoms with Crippen molar-refractivity contribution in [3.8, 4) is 0 Å². The van der Waals surface area contributed by atoms with Crippen molar-refractivity contribution in [2.75, 3.05) is 6.61 Å². The van der Waals surface area contributed by atoms with Crippen LogP contribution < -0.4 is 5.32 Å². The molecular weight excluding hydrogens is 158 g/mol. The van der Waals surface area contributed by atoms with Crippen LogP contribution in [0.4, 0.5) is 0 Å². The van der Waals surface area contributed by atoms with E-state index < -0.39 is 18.6 Å². The first-order valence-electron chi connectivity index (χ1n) is 3.89. The average Bonchev–Trinajstić information content (AvgIpc) is 1.98. The Kier molecular flexibility index (Phi) is 4.51. The molecule has 0 bridgehead atoms. The monoisotopic (exact) mass is 173 g/mol. The quantitative estimate of drug-likeness (QED) is 0.614. The second kappa shape index (κ2) is 4.87. The Morgan fingerprint density at radius 1 is 1.42 bits per heavy atom. The van der Waals surface area contributed by atoms with E-state index in [9.17, 15) is 9.59 Å². The van der Waals surface area contributed by atoms with Gasteiger partial charge in [0.15, 0.2) is 5.78 Å². The third kappa shape index (κ3) is 3.48. The van der Waals surface area contributed by atoms with Gasteiger partial charge in [0, 0.05) is 0 Å². The smallest absolute Gasteiger partial charge is 0.246 e. The summed E-state index contributed by atoms with van der Waals surface area (Å²) in [6.45, 7) is 4.52. The lowest BCUT2D eigenvalue weighted by Crippen LogP contribution is -2.44. The van der Waals surface area contributed by atoms with Crippen molar-refractivity contribution in [3.05, 3.63) is 0 Å². The van der Waals surface area contributed by atoms with Gasteiger partial charge in [0.1, 0.15) is 6.61 Å². The lowest BCUT2D eigenvalue weighted by atomic mass is 10.0. The van der Waals surface area contributed by atoms with Crippen molar-refractivity contribution < 1.29 is 14.7 Å². The molecule has 0 aromatic rings. The fraction of sp³-hybridized carbons (Fsp3) is 0.750. The summed E-state index contributed by atoms with van der Waals surface area (Å²) in [5.74, 6) is -0.547. The molecule has 0 saturated carbocycles. The number of rotatable bonds is 4. The fourth-order valence-electron chi connectivity index (χ4n) is 0.957. The molecule has 1 unspecified atom stereocenters. The van der Waals surface area contributed by atoms with Crippen LogP contribution in [0.1, 0.15) is 20.8 Å². The molecule has 0 aromatic heterocycles. The van der Waals surface area contributed by atoms with Crippen molar-refractivity contribution in [3.63, 3.8) is 0 Å². The summed E-state index contributed by atoms with van der Waals surface area (Å²) in [7, 11) is 0. The van der Waals surface area contributed by atoms with Gasteiger partial charge >= 0.3 is 0 Å². The van der Waals surface area contributed by atoms with Crippen molar-refractivity contribution in [1.29, 1.82) is 0 Å². The van der Waals surface area contributed by atoms with Gasteiger partial charge in [-0.15, -0.1) is 0 Å². The normalized spacial score (nSPS) is 12.8. The minimum Gasteiger partial charge on any atom is -0.387 e. The van der Waals surface area contributed by atoms with Gasteiger partial charge in [-0.3, -0.25) is 9.59 Å². The Labute approximate surface area is 72.0 Å². The number of aliphatic hydroxyl groups is 1. The number of carbonyl (C=O) groups is 2. The maximum atomic E-state index is 10.9. The number of ketones is 1. The Morgan fingerprint density at radius 3 is 2.17 bits per heavy atom. The third-order valence-corrected chi connectivity index (χ3v) is 1.56. The van der Waals surface area contributed by atoms with Gasteiger partial charge in [0.2, 0.25) is 5.91 Å². The summed E-state index contributed by atoms with van der Waals surface area (Å²) in [4.78, 5) is 21.7. The van der Waals surface area contributed by atoms with Crippen LogP contribution in [0.5, 0.6) is 0 Å². The van der Waals surface area contributed by atoms with Crippen LogP contribution in [0.3, 0.4) is 0 Å². The summed E-state index contributed by atoms with van der Waals surface area (Å²) in [5, 5.41) is 10.9. The summed E-state index contributed by atoms with van der Waals surface area (Å²) in [6, 6.07) is -0.482. The summed E-state index contributed by atoms with van der Waals surface area (Å²) < 4.78 is 0. The molecule has 4 nitrogen and oxygen atoms in total. The minimum absolute atomic E-state index is 0.0537.